The summed E-state index contributed by atoms with van der Waals surface area (Å²) in [5.74, 6) is -1.60. The normalized spacial score (nSPS) is 21.9. The van der Waals surface area contributed by atoms with Gasteiger partial charge in [-0.05, 0) is 31.0 Å². The minimum atomic E-state index is -4.53. The number of fused-ring (bicyclic) bond motifs is 1. The van der Waals surface area contributed by atoms with Gasteiger partial charge in [0, 0.05) is 27.1 Å². The van der Waals surface area contributed by atoms with E-state index < -0.39 is 17.6 Å². The number of nitrogens with one attached hydrogen (secondary N) is 1. The van der Waals surface area contributed by atoms with E-state index in [1.54, 1.807) is 19.0 Å². The number of anilines is 2. The first kappa shape index (κ1) is 21.1. The number of carbonyl (C=O) groups is 3. The highest BCUT2D eigenvalue weighted by molar-refractivity contribution is 6.05. The van der Waals surface area contributed by atoms with Crippen molar-refractivity contribution in [2.45, 2.75) is 38.3 Å². The quantitative estimate of drug-likeness (QED) is 0.755. The first-order valence-corrected chi connectivity index (χ1v) is 9.63. The Kier molecular flexibility index (Phi) is 5.86. The highest BCUT2D eigenvalue weighted by Gasteiger charge is 2.47. The maximum Gasteiger partial charge on any atom is 0.416 e. The van der Waals surface area contributed by atoms with Gasteiger partial charge in [0.25, 0.3) is 0 Å². The van der Waals surface area contributed by atoms with Gasteiger partial charge in [0.15, 0.2) is 0 Å². The van der Waals surface area contributed by atoms with Crippen molar-refractivity contribution in [1.29, 1.82) is 0 Å². The molecule has 1 N–H and O–H groups in total. The number of alkyl halides is 3. The summed E-state index contributed by atoms with van der Waals surface area (Å²) < 4.78 is 39.0. The molecule has 0 spiro atoms. The molecule has 2 aliphatic rings. The molecule has 1 saturated carbocycles. The Morgan fingerprint density at radius 1 is 1.14 bits per heavy atom. The van der Waals surface area contributed by atoms with Crippen LogP contribution in [0.1, 0.15) is 37.7 Å². The Morgan fingerprint density at radius 2 is 1.72 bits per heavy atom. The van der Waals surface area contributed by atoms with Gasteiger partial charge in [-0.1, -0.05) is 12.8 Å². The van der Waals surface area contributed by atoms with Gasteiger partial charge in [-0.15, -0.1) is 0 Å². The fourth-order valence-electron chi connectivity index (χ4n) is 4.08. The standard InChI is InChI=1S/C20H24F3N3O3/c1-25(2)16-8-7-12(20(21,22)23)11-15(16)24-17(27)9-10-26-18(28)13-5-3-4-6-14(13)19(26)29/h7-8,11,13-14H,3-6,9-10H2,1-2H3,(H,24,27). The lowest BCUT2D eigenvalue weighted by molar-refractivity contribution is -0.140. The molecular weight excluding hydrogens is 387 g/mol. The van der Waals surface area contributed by atoms with Crippen molar-refractivity contribution in [2.75, 3.05) is 30.9 Å². The first-order valence-electron chi connectivity index (χ1n) is 9.63. The molecule has 1 aliphatic heterocycles. The second-order valence-electron chi connectivity index (χ2n) is 7.75. The van der Waals surface area contributed by atoms with E-state index >= 15 is 0 Å². The van der Waals surface area contributed by atoms with Crippen LogP contribution in [0, 0.1) is 11.8 Å². The number of imide groups is 1. The lowest BCUT2D eigenvalue weighted by Crippen LogP contribution is -2.34. The zero-order chi connectivity index (χ0) is 21.3. The third kappa shape index (κ3) is 4.38. The van der Waals surface area contributed by atoms with Crippen LogP contribution in [0.5, 0.6) is 0 Å². The van der Waals surface area contributed by atoms with Gasteiger partial charge in [0.05, 0.1) is 28.8 Å². The van der Waals surface area contributed by atoms with E-state index in [1.807, 2.05) is 0 Å². The number of halogens is 3. The molecule has 158 valence electrons. The molecule has 1 aliphatic carbocycles. The number of rotatable bonds is 5. The van der Waals surface area contributed by atoms with Gasteiger partial charge in [-0.2, -0.15) is 13.2 Å². The van der Waals surface area contributed by atoms with Gasteiger partial charge in [0.2, 0.25) is 17.7 Å². The van der Waals surface area contributed by atoms with Crippen LogP contribution in [0.15, 0.2) is 18.2 Å². The molecule has 1 aromatic rings. The average Bonchev–Trinajstić information content (AvgIpc) is 2.90. The molecule has 6 nitrogen and oxygen atoms in total. The minimum Gasteiger partial charge on any atom is -0.376 e. The molecular formula is C20H24F3N3O3. The zero-order valence-electron chi connectivity index (χ0n) is 16.4. The fraction of sp³-hybridized carbons (Fsp3) is 0.550. The van der Waals surface area contributed by atoms with Crippen LogP contribution in [-0.4, -0.2) is 43.3 Å². The predicted octanol–water partition coefficient (Wildman–Crippen LogP) is 3.28. The van der Waals surface area contributed by atoms with E-state index in [1.165, 1.54) is 6.07 Å². The molecule has 2 unspecified atom stereocenters. The van der Waals surface area contributed by atoms with Crippen LogP contribution in [0.25, 0.3) is 0 Å². The third-order valence-corrected chi connectivity index (χ3v) is 5.57. The first-order chi connectivity index (χ1) is 13.6. The summed E-state index contributed by atoms with van der Waals surface area (Å²) in [5, 5.41) is 2.49. The number of carbonyl (C=O) groups excluding carboxylic acids is 3. The molecule has 1 heterocycles. The summed E-state index contributed by atoms with van der Waals surface area (Å²) in [4.78, 5) is 40.0. The van der Waals surface area contributed by atoms with E-state index in [0.717, 1.165) is 29.9 Å². The largest absolute Gasteiger partial charge is 0.416 e. The SMILES string of the molecule is CN(C)c1ccc(C(F)(F)F)cc1NC(=O)CCN1C(=O)C2CCCCC2C1=O. The third-order valence-electron chi connectivity index (χ3n) is 5.57. The maximum absolute atomic E-state index is 13.0. The Labute approximate surface area is 167 Å². The Hall–Kier alpha value is -2.58. The monoisotopic (exact) mass is 411 g/mol. The molecule has 3 amide bonds. The van der Waals surface area contributed by atoms with Crippen LogP contribution in [0.3, 0.4) is 0 Å². The smallest absolute Gasteiger partial charge is 0.376 e. The molecule has 0 radical (unpaired) electrons. The Bertz CT molecular complexity index is 799. The second kappa shape index (κ2) is 8.04. The van der Waals surface area contributed by atoms with E-state index in [-0.39, 0.29) is 42.3 Å². The molecule has 1 aromatic carbocycles. The summed E-state index contributed by atoms with van der Waals surface area (Å²) in [6, 6.07) is 3.12. The molecule has 9 heteroatoms. The van der Waals surface area contributed by atoms with E-state index in [2.05, 4.69) is 5.32 Å². The minimum absolute atomic E-state index is 0.0302. The fourth-order valence-corrected chi connectivity index (χ4v) is 4.08. The zero-order valence-corrected chi connectivity index (χ0v) is 16.4. The summed E-state index contributed by atoms with van der Waals surface area (Å²) in [5.41, 5.74) is -0.416. The van der Waals surface area contributed by atoms with E-state index in [0.29, 0.717) is 18.5 Å². The van der Waals surface area contributed by atoms with Crippen molar-refractivity contribution in [3.8, 4) is 0 Å². The van der Waals surface area contributed by atoms with Crippen molar-refractivity contribution in [1.82, 2.24) is 4.90 Å². The van der Waals surface area contributed by atoms with Crippen molar-refractivity contribution in [3.63, 3.8) is 0 Å². The molecule has 2 atom stereocenters. The number of benzene rings is 1. The number of hydrogen-bond donors (Lipinski definition) is 1. The number of hydrogen-bond acceptors (Lipinski definition) is 4. The van der Waals surface area contributed by atoms with Crippen molar-refractivity contribution in [3.05, 3.63) is 23.8 Å². The predicted molar refractivity (Wildman–Crippen MR) is 101 cm³/mol. The average molecular weight is 411 g/mol. The van der Waals surface area contributed by atoms with Crippen LogP contribution in [0.4, 0.5) is 24.5 Å². The summed E-state index contributed by atoms with van der Waals surface area (Å²) >= 11 is 0. The van der Waals surface area contributed by atoms with Crippen LogP contribution < -0.4 is 10.2 Å². The summed E-state index contributed by atoms with van der Waals surface area (Å²) in [6.07, 6.45) is -1.49. The molecule has 0 aromatic heterocycles. The molecule has 0 bridgehead atoms. The van der Waals surface area contributed by atoms with Crippen molar-refractivity contribution < 1.29 is 27.6 Å². The molecule has 3 rings (SSSR count). The van der Waals surface area contributed by atoms with Crippen molar-refractivity contribution >= 4 is 29.1 Å². The van der Waals surface area contributed by atoms with Gasteiger partial charge in [0.1, 0.15) is 0 Å². The maximum atomic E-state index is 13.0. The number of nitrogens with zero attached hydrogens (tertiary/aromatic N) is 2. The highest BCUT2D eigenvalue weighted by atomic mass is 19.4. The van der Waals surface area contributed by atoms with E-state index in [4.69, 9.17) is 0 Å². The number of likely N-dealkylation sites (tertiary alicyclic amines) is 1. The van der Waals surface area contributed by atoms with Gasteiger partial charge in [-0.3, -0.25) is 19.3 Å². The van der Waals surface area contributed by atoms with Crippen LogP contribution in [-0.2, 0) is 20.6 Å². The Balaban J connectivity index is 1.68. The topological polar surface area (TPSA) is 69.7 Å². The van der Waals surface area contributed by atoms with E-state index in [9.17, 15) is 27.6 Å². The Morgan fingerprint density at radius 3 is 2.24 bits per heavy atom. The van der Waals surface area contributed by atoms with Crippen LogP contribution >= 0.6 is 0 Å². The molecule has 29 heavy (non-hydrogen) atoms. The lowest BCUT2D eigenvalue weighted by Gasteiger charge is -2.20. The second-order valence-corrected chi connectivity index (χ2v) is 7.75. The van der Waals surface area contributed by atoms with Gasteiger partial charge in [-0.25, -0.2) is 0 Å². The molecule has 1 saturated heterocycles. The molecule has 2 fully saturated rings. The number of amides is 3. The summed E-state index contributed by atoms with van der Waals surface area (Å²) in [6.45, 7) is -0.0627. The van der Waals surface area contributed by atoms with Crippen molar-refractivity contribution in [2.24, 2.45) is 11.8 Å². The van der Waals surface area contributed by atoms with Crippen LogP contribution in [0.2, 0.25) is 0 Å². The lowest BCUT2D eigenvalue weighted by atomic mass is 9.81. The van der Waals surface area contributed by atoms with Gasteiger partial charge < -0.3 is 10.2 Å². The highest BCUT2D eigenvalue weighted by Crippen LogP contribution is 2.38. The van der Waals surface area contributed by atoms with Gasteiger partial charge >= 0.3 is 6.18 Å². The summed E-state index contributed by atoms with van der Waals surface area (Å²) in [7, 11) is 3.31.